The van der Waals surface area contributed by atoms with Gasteiger partial charge in [0, 0.05) is 25.0 Å². The Morgan fingerprint density at radius 1 is 1.28 bits per heavy atom. The lowest BCUT2D eigenvalue weighted by Crippen LogP contribution is -2.37. The fourth-order valence-electron chi connectivity index (χ4n) is 3.39. The van der Waals surface area contributed by atoms with Crippen molar-refractivity contribution < 1.29 is 14.0 Å². The van der Waals surface area contributed by atoms with Crippen LogP contribution in [0.25, 0.3) is 5.65 Å². The molecule has 0 radical (unpaired) electrons. The van der Waals surface area contributed by atoms with Crippen LogP contribution in [0.3, 0.4) is 0 Å². The predicted octanol–water partition coefficient (Wildman–Crippen LogP) is 1.49. The van der Waals surface area contributed by atoms with E-state index in [0.29, 0.717) is 24.5 Å². The maximum absolute atomic E-state index is 14.2. The summed E-state index contributed by atoms with van der Waals surface area (Å²) < 4.78 is 15.7. The van der Waals surface area contributed by atoms with Crippen molar-refractivity contribution in [3.63, 3.8) is 0 Å². The molecule has 0 aromatic carbocycles. The summed E-state index contributed by atoms with van der Waals surface area (Å²) in [4.78, 5) is 40.7. The van der Waals surface area contributed by atoms with Gasteiger partial charge in [-0.25, -0.2) is 19.3 Å². The molecule has 29 heavy (non-hydrogen) atoms. The van der Waals surface area contributed by atoms with Crippen molar-refractivity contribution in [1.29, 1.82) is 0 Å². The number of likely N-dealkylation sites (N-methyl/N-ethyl adjacent to an activating group) is 1. The number of halogens is 1. The van der Waals surface area contributed by atoms with Gasteiger partial charge in [0.25, 0.3) is 5.91 Å². The van der Waals surface area contributed by atoms with Crippen LogP contribution in [0.15, 0.2) is 30.9 Å². The van der Waals surface area contributed by atoms with Crippen LogP contribution in [0.1, 0.15) is 22.6 Å². The normalized spacial score (nSPS) is 16.8. The molecular formula is C19H20FN7O2. The average Bonchev–Trinajstić information content (AvgIpc) is 3.24. The Labute approximate surface area is 166 Å². The van der Waals surface area contributed by atoms with Crippen LogP contribution in [0.2, 0.25) is 0 Å². The van der Waals surface area contributed by atoms with Gasteiger partial charge in [-0.15, -0.1) is 0 Å². The van der Waals surface area contributed by atoms with Crippen LogP contribution in [0.5, 0.6) is 0 Å². The zero-order valence-corrected chi connectivity index (χ0v) is 16.3. The quantitative estimate of drug-likeness (QED) is 0.717. The Balaban J connectivity index is 1.49. The highest BCUT2D eigenvalue weighted by Crippen LogP contribution is 2.21. The van der Waals surface area contributed by atoms with Crippen LogP contribution in [-0.4, -0.2) is 62.7 Å². The summed E-state index contributed by atoms with van der Waals surface area (Å²) in [6, 6.07) is 1.02. The van der Waals surface area contributed by atoms with Crippen LogP contribution in [0, 0.1) is 12.7 Å². The minimum Gasteiger partial charge on any atom is -0.319 e. The predicted molar refractivity (Wildman–Crippen MR) is 104 cm³/mol. The van der Waals surface area contributed by atoms with E-state index in [0.717, 1.165) is 0 Å². The lowest BCUT2D eigenvalue weighted by atomic mass is 10.2. The number of amides is 2. The van der Waals surface area contributed by atoms with Gasteiger partial charge in [-0.2, -0.15) is 0 Å². The number of aromatic nitrogens is 4. The molecule has 4 rings (SSSR count). The standard InChI is InChI=1S/C19H20FN7O2/c1-11-9-26-10-12(6-13(20)17(26)23-11)24-18(28)14-7-22-16(8-21-14)27-5-4-15(19(27)29)25(2)3/h6-10,15H,4-5H2,1-3H3,(H,24,28)/t15-/m1/s1. The SMILES string of the molecule is Cc1cn2cc(NC(=O)c3cnc(N4CC[C@@H](N(C)C)C4=O)cn3)cc(F)c2n1. The first-order chi connectivity index (χ1) is 13.8. The second kappa shape index (κ2) is 7.21. The molecule has 1 saturated heterocycles. The van der Waals surface area contributed by atoms with E-state index in [9.17, 15) is 14.0 Å². The first kappa shape index (κ1) is 18.9. The zero-order chi connectivity index (χ0) is 20.7. The lowest BCUT2D eigenvalue weighted by Gasteiger charge is -2.19. The maximum Gasteiger partial charge on any atom is 0.275 e. The summed E-state index contributed by atoms with van der Waals surface area (Å²) in [5.74, 6) is -0.711. The summed E-state index contributed by atoms with van der Waals surface area (Å²) >= 11 is 0. The topological polar surface area (TPSA) is 95.7 Å². The molecule has 1 N–H and O–H groups in total. The molecule has 0 unspecified atom stereocenters. The van der Waals surface area contributed by atoms with Gasteiger partial charge in [0.05, 0.1) is 29.8 Å². The van der Waals surface area contributed by atoms with Crippen molar-refractivity contribution in [3.8, 4) is 0 Å². The number of nitrogens with one attached hydrogen (secondary N) is 1. The third-order valence-corrected chi connectivity index (χ3v) is 4.83. The molecule has 0 saturated carbocycles. The second-order valence-corrected chi connectivity index (χ2v) is 7.16. The van der Waals surface area contributed by atoms with Crippen LogP contribution in [0.4, 0.5) is 15.9 Å². The molecule has 2 amide bonds. The molecule has 0 bridgehead atoms. The highest BCUT2D eigenvalue weighted by atomic mass is 19.1. The minimum absolute atomic E-state index is 0.0408. The van der Waals surface area contributed by atoms with Crippen molar-refractivity contribution in [2.24, 2.45) is 0 Å². The highest BCUT2D eigenvalue weighted by molar-refractivity contribution is 6.03. The van der Waals surface area contributed by atoms with E-state index in [1.54, 1.807) is 24.2 Å². The number of imidazole rings is 1. The molecule has 9 nitrogen and oxygen atoms in total. The zero-order valence-electron chi connectivity index (χ0n) is 16.3. The summed E-state index contributed by atoms with van der Waals surface area (Å²) in [5.41, 5.74) is 1.19. The molecule has 3 aromatic heterocycles. The molecule has 0 aliphatic carbocycles. The van der Waals surface area contributed by atoms with Crippen molar-refractivity contribution in [2.45, 2.75) is 19.4 Å². The first-order valence-electron chi connectivity index (χ1n) is 9.09. The molecule has 1 aliphatic heterocycles. The second-order valence-electron chi connectivity index (χ2n) is 7.16. The summed E-state index contributed by atoms with van der Waals surface area (Å²) in [7, 11) is 3.72. The van der Waals surface area contributed by atoms with Gasteiger partial charge >= 0.3 is 0 Å². The van der Waals surface area contributed by atoms with Gasteiger partial charge in [0.15, 0.2) is 17.3 Å². The van der Waals surface area contributed by atoms with Crippen LogP contribution >= 0.6 is 0 Å². The van der Waals surface area contributed by atoms with Crippen molar-refractivity contribution in [2.75, 3.05) is 30.9 Å². The molecule has 3 aromatic rings. The number of pyridine rings is 1. The third kappa shape index (κ3) is 3.54. The maximum atomic E-state index is 14.2. The molecule has 1 fully saturated rings. The van der Waals surface area contributed by atoms with E-state index >= 15 is 0 Å². The number of hydrogen-bond acceptors (Lipinski definition) is 6. The number of fused-ring (bicyclic) bond motifs is 1. The number of carbonyl (C=O) groups excluding carboxylic acids is 2. The molecule has 1 aliphatic rings. The first-order valence-corrected chi connectivity index (χ1v) is 9.09. The smallest absolute Gasteiger partial charge is 0.275 e. The van der Waals surface area contributed by atoms with Gasteiger partial charge in [-0.1, -0.05) is 0 Å². The largest absolute Gasteiger partial charge is 0.319 e. The van der Waals surface area contributed by atoms with Crippen molar-refractivity contribution in [3.05, 3.63) is 48.1 Å². The van der Waals surface area contributed by atoms with Gasteiger partial charge in [0.1, 0.15) is 5.69 Å². The van der Waals surface area contributed by atoms with E-state index < -0.39 is 11.7 Å². The van der Waals surface area contributed by atoms with Gasteiger partial charge in [-0.05, 0) is 27.4 Å². The molecule has 150 valence electrons. The fourth-order valence-corrected chi connectivity index (χ4v) is 3.39. The molecule has 10 heteroatoms. The van der Waals surface area contributed by atoms with E-state index in [1.807, 2.05) is 19.0 Å². The van der Waals surface area contributed by atoms with E-state index in [1.165, 1.54) is 22.9 Å². The summed E-state index contributed by atoms with van der Waals surface area (Å²) in [5, 5.41) is 2.60. The lowest BCUT2D eigenvalue weighted by molar-refractivity contribution is -0.120. The average molecular weight is 397 g/mol. The van der Waals surface area contributed by atoms with Crippen LogP contribution in [-0.2, 0) is 4.79 Å². The van der Waals surface area contributed by atoms with Gasteiger partial charge < -0.3 is 9.72 Å². The minimum atomic E-state index is -0.541. The Morgan fingerprint density at radius 2 is 2.07 bits per heavy atom. The number of carbonyl (C=O) groups is 2. The Bertz CT molecular complexity index is 1090. The van der Waals surface area contributed by atoms with Crippen molar-refractivity contribution >= 4 is 29.0 Å². The van der Waals surface area contributed by atoms with Gasteiger partial charge in [-0.3, -0.25) is 19.4 Å². The molecule has 0 spiro atoms. The van der Waals surface area contributed by atoms with E-state index in [2.05, 4.69) is 20.3 Å². The highest BCUT2D eigenvalue weighted by Gasteiger charge is 2.34. The Hall–Kier alpha value is -3.40. The number of nitrogens with zero attached hydrogens (tertiary/aromatic N) is 6. The third-order valence-electron chi connectivity index (χ3n) is 4.83. The van der Waals surface area contributed by atoms with Crippen molar-refractivity contribution in [1.82, 2.24) is 24.3 Å². The molecule has 4 heterocycles. The van der Waals surface area contributed by atoms with Gasteiger partial charge in [0.2, 0.25) is 5.91 Å². The number of hydrogen-bond donors (Lipinski definition) is 1. The molecular weight excluding hydrogens is 377 g/mol. The number of aryl methyl sites for hydroxylation is 1. The Morgan fingerprint density at radius 3 is 2.72 bits per heavy atom. The number of anilines is 2. The Kier molecular flexibility index (Phi) is 4.71. The monoisotopic (exact) mass is 397 g/mol. The molecule has 1 atom stereocenters. The summed E-state index contributed by atoms with van der Waals surface area (Å²) in [6.45, 7) is 2.30. The van der Waals surface area contributed by atoms with Crippen LogP contribution < -0.4 is 10.2 Å². The fraction of sp³-hybridized carbons (Fsp3) is 0.316. The number of rotatable bonds is 4. The summed E-state index contributed by atoms with van der Waals surface area (Å²) in [6.07, 6.45) is 6.64. The van der Waals surface area contributed by atoms with E-state index in [4.69, 9.17) is 0 Å². The van der Waals surface area contributed by atoms with E-state index in [-0.39, 0.29) is 29.0 Å².